The molecule has 0 spiro atoms. The van der Waals surface area contributed by atoms with Crippen LogP contribution in [-0.4, -0.2) is 76.0 Å². The number of nitrogens with two attached hydrogens (primary N) is 3. The molecule has 0 saturated carbocycles. The normalized spacial score (nSPS) is 13.8. The van der Waals surface area contributed by atoms with Crippen molar-refractivity contribution in [1.82, 2.24) is 31.0 Å². The lowest BCUT2D eigenvalue weighted by Gasteiger charge is -2.29. The second-order valence-electron chi connectivity index (χ2n) is 13.7. The summed E-state index contributed by atoms with van der Waals surface area (Å²) >= 11 is 6.03. The van der Waals surface area contributed by atoms with Gasteiger partial charge in [-0.2, -0.15) is 5.10 Å². The van der Waals surface area contributed by atoms with Crippen molar-refractivity contribution in [2.24, 2.45) is 34.0 Å². The highest BCUT2D eigenvalue weighted by atomic mass is 35.5. The van der Waals surface area contributed by atoms with Crippen LogP contribution < -0.4 is 38.5 Å². The number of aliphatic imine (C=N–C) groups is 1. The summed E-state index contributed by atoms with van der Waals surface area (Å²) in [6, 6.07) is 13.4. The monoisotopic (exact) mass is 764 g/mol. The molecule has 5 amide bonds. The van der Waals surface area contributed by atoms with Gasteiger partial charge in [0.2, 0.25) is 23.6 Å². The molecule has 0 saturated heterocycles. The Kier molecular flexibility index (Phi) is 16.5. The van der Waals surface area contributed by atoms with E-state index in [1.807, 2.05) is 51.1 Å². The van der Waals surface area contributed by atoms with Crippen LogP contribution in [0.3, 0.4) is 0 Å². The van der Waals surface area contributed by atoms with Crippen molar-refractivity contribution >= 4 is 47.1 Å². The zero-order valence-electron chi connectivity index (χ0n) is 31.5. The fraction of sp³-hybridized carbons (Fsp3) is 0.447. The van der Waals surface area contributed by atoms with Gasteiger partial charge in [0.25, 0.3) is 5.91 Å². The van der Waals surface area contributed by atoms with Crippen LogP contribution in [0.1, 0.15) is 75.1 Å². The van der Waals surface area contributed by atoms with Crippen LogP contribution in [0.2, 0.25) is 5.02 Å². The van der Waals surface area contributed by atoms with Gasteiger partial charge in [-0.1, -0.05) is 76.0 Å². The van der Waals surface area contributed by atoms with E-state index >= 15 is 0 Å². The van der Waals surface area contributed by atoms with Gasteiger partial charge < -0.3 is 38.5 Å². The predicted molar refractivity (Wildman–Crippen MR) is 209 cm³/mol. The van der Waals surface area contributed by atoms with E-state index in [-0.39, 0.29) is 49.3 Å². The number of carbonyl (C=O) groups excluding carboxylic acids is 5. The maximum absolute atomic E-state index is 13.9. The number of amides is 5. The number of guanidine groups is 1. The highest BCUT2D eigenvalue weighted by Gasteiger charge is 2.33. The van der Waals surface area contributed by atoms with Crippen LogP contribution in [0.4, 0.5) is 0 Å². The first-order valence-electron chi connectivity index (χ1n) is 18.0. The number of benzene rings is 2. The molecule has 0 aliphatic rings. The Balaban J connectivity index is 1.81. The molecule has 0 radical (unpaired) electrons. The summed E-state index contributed by atoms with van der Waals surface area (Å²) in [5, 5.41) is 16.1. The highest BCUT2D eigenvalue weighted by Crippen LogP contribution is 2.17. The fourth-order valence-electron chi connectivity index (χ4n) is 5.70. The molecule has 0 bridgehead atoms. The second kappa shape index (κ2) is 20.7. The summed E-state index contributed by atoms with van der Waals surface area (Å²) in [7, 11) is 0. The van der Waals surface area contributed by atoms with Gasteiger partial charge in [-0.3, -0.25) is 29.0 Å². The maximum Gasteiger partial charge on any atom is 0.272 e. The Labute approximate surface area is 321 Å². The van der Waals surface area contributed by atoms with Crippen molar-refractivity contribution in [3.63, 3.8) is 0 Å². The van der Waals surface area contributed by atoms with Gasteiger partial charge in [0.15, 0.2) is 11.7 Å². The number of hydrogen-bond acceptors (Lipinski definition) is 7. The summed E-state index contributed by atoms with van der Waals surface area (Å²) in [5.41, 5.74) is 18.8. The number of primary amides is 1. The van der Waals surface area contributed by atoms with E-state index in [1.54, 1.807) is 48.9 Å². The Morgan fingerprint density at radius 2 is 1.46 bits per heavy atom. The summed E-state index contributed by atoms with van der Waals surface area (Å²) in [6.07, 6.45) is 1.39. The van der Waals surface area contributed by atoms with Crippen LogP contribution in [0.15, 0.2) is 65.7 Å². The average Bonchev–Trinajstić information content (AvgIpc) is 3.52. The molecule has 54 heavy (non-hydrogen) atoms. The molecule has 0 aliphatic heterocycles. The molecule has 3 aromatic rings. The molecule has 3 rings (SSSR count). The van der Waals surface area contributed by atoms with Crippen molar-refractivity contribution in [3.05, 3.63) is 82.6 Å². The van der Waals surface area contributed by atoms with Crippen molar-refractivity contribution in [2.75, 3.05) is 6.54 Å². The van der Waals surface area contributed by atoms with Gasteiger partial charge >= 0.3 is 0 Å². The van der Waals surface area contributed by atoms with Crippen molar-refractivity contribution < 1.29 is 24.0 Å². The topological polar surface area (TPSA) is 242 Å². The van der Waals surface area contributed by atoms with Gasteiger partial charge in [-0.15, -0.1) is 0 Å². The number of nitrogens with zero attached hydrogens (tertiary/aromatic N) is 3. The van der Waals surface area contributed by atoms with Crippen LogP contribution in [0.5, 0.6) is 0 Å². The lowest BCUT2D eigenvalue weighted by molar-refractivity contribution is -0.134. The van der Waals surface area contributed by atoms with Crippen LogP contribution in [0.25, 0.3) is 5.69 Å². The van der Waals surface area contributed by atoms with E-state index in [1.165, 1.54) is 0 Å². The number of halogens is 1. The molecule has 5 atom stereocenters. The smallest absolute Gasteiger partial charge is 0.272 e. The Hall–Kier alpha value is -5.44. The first-order valence-corrected chi connectivity index (χ1v) is 18.4. The van der Waals surface area contributed by atoms with E-state index < -0.39 is 53.7 Å². The zero-order chi connectivity index (χ0) is 39.9. The quantitative estimate of drug-likeness (QED) is 0.0510. The summed E-state index contributed by atoms with van der Waals surface area (Å²) in [4.78, 5) is 71.3. The van der Waals surface area contributed by atoms with E-state index in [4.69, 9.17) is 28.8 Å². The number of hydrogen-bond donors (Lipinski definition) is 7. The molecule has 2 aromatic carbocycles. The average molecular weight is 765 g/mol. The Bertz CT molecular complexity index is 1760. The number of rotatable bonds is 20. The van der Waals surface area contributed by atoms with Crippen LogP contribution in [-0.2, 0) is 25.6 Å². The minimum Gasteiger partial charge on any atom is -0.370 e. The predicted octanol–water partition coefficient (Wildman–Crippen LogP) is 2.26. The zero-order valence-corrected chi connectivity index (χ0v) is 32.2. The number of carbonyl (C=O) groups is 5. The molecule has 16 heteroatoms. The first kappa shape index (κ1) is 43.0. The van der Waals surface area contributed by atoms with E-state index in [0.29, 0.717) is 29.2 Å². The molecule has 0 fully saturated rings. The molecule has 292 valence electrons. The molecule has 0 unspecified atom stereocenters. The lowest BCUT2D eigenvalue weighted by atomic mass is 9.95. The summed E-state index contributed by atoms with van der Waals surface area (Å²) < 4.78 is 1.58. The van der Waals surface area contributed by atoms with E-state index in [2.05, 4.69) is 31.4 Å². The van der Waals surface area contributed by atoms with E-state index in [0.717, 1.165) is 5.56 Å². The largest absolute Gasteiger partial charge is 0.370 e. The maximum atomic E-state index is 13.9. The first-order chi connectivity index (χ1) is 25.6. The number of aryl methyl sites for hydroxylation is 1. The van der Waals surface area contributed by atoms with Gasteiger partial charge in [0.05, 0.1) is 5.69 Å². The van der Waals surface area contributed by atoms with Crippen molar-refractivity contribution in [1.29, 1.82) is 0 Å². The number of aromatic nitrogens is 2. The lowest BCUT2D eigenvalue weighted by Crippen LogP contribution is -2.59. The van der Waals surface area contributed by atoms with Gasteiger partial charge in [0, 0.05) is 23.7 Å². The third-order valence-corrected chi connectivity index (χ3v) is 9.09. The Morgan fingerprint density at radius 1 is 0.833 bits per heavy atom. The summed E-state index contributed by atoms with van der Waals surface area (Å²) in [6.45, 7) is 9.44. The molecule has 0 aliphatic carbocycles. The SMILES string of the molecule is CC[C@H](C)[C@H](NC(=O)[C@H](CC(C)C)NC(=O)[C@H](CCCN=C(N)N)NC(=O)c1cc(C)n(-c2ccc(Cl)cc2)n1)C(=O)N[C@@H](Cc1ccccc1)C(N)=O. The molecule has 10 N–H and O–H groups in total. The van der Waals surface area contributed by atoms with Gasteiger partial charge in [-0.05, 0) is 73.9 Å². The molecule has 1 aromatic heterocycles. The third kappa shape index (κ3) is 13.2. The summed E-state index contributed by atoms with van der Waals surface area (Å²) in [5.74, 6) is -3.62. The fourth-order valence-corrected chi connectivity index (χ4v) is 5.82. The van der Waals surface area contributed by atoms with Gasteiger partial charge in [0.1, 0.15) is 24.2 Å². The minimum atomic E-state index is -1.10. The molecule has 15 nitrogen and oxygen atoms in total. The second-order valence-corrected chi connectivity index (χ2v) is 14.2. The standard InChI is InChI=1S/C38H53ClN10O5/c1-6-23(4)32(37(54)45-29(33(40)50)21-25-11-8-7-9-12-25)47-35(52)30(19-22(2)3)46-34(51)28(13-10-18-43-38(41)42)44-36(53)31-20-24(5)49(48-31)27-16-14-26(39)15-17-27/h7-9,11-12,14-17,20,22-23,28-30,32H,6,10,13,18-19,21H2,1-5H3,(H2,40,50)(H,44,53)(H,45,54)(H,46,51)(H,47,52)(H4,41,42,43)/t23-,28-,29-,30-,32-/m0/s1. The Morgan fingerprint density at radius 3 is 2.06 bits per heavy atom. The molecule has 1 heterocycles. The van der Waals surface area contributed by atoms with Crippen LogP contribution in [0, 0.1) is 18.8 Å². The van der Waals surface area contributed by atoms with Crippen molar-refractivity contribution in [2.45, 2.75) is 90.9 Å². The minimum absolute atomic E-state index is 0.0447. The van der Waals surface area contributed by atoms with E-state index in [9.17, 15) is 24.0 Å². The van der Waals surface area contributed by atoms with Crippen LogP contribution >= 0.6 is 11.6 Å². The van der Waals surface area contributed by atoms with Gasteiger partial charge in [-0.25, -0.2) is 4.68 Å². The molecular weight excluding hydrogens is 712 g/mol. The highest BCUT2D eigenvalue weighted by molar-refractivity contribution is 6.30. The molecular formula is C38H53ClN10O5. The van der Waals surface area contributed by atoms with Crippen molar-refractivity contribution in [3.8, 4) is 5.69 Å². The number of nitrogens with one attached hydrogen (secondary N) is 4. The third-order valence-electron chi connectivity index (χ3n) is 8.83.